The molecule has 1 N–H and O–H groups in total. The number of hydrogen-bond donors (Lipinski definition) is 1. The Bertz CT molecular complexity index is 424. The normalized spacial score (nSPS) is 23.7. The van der Waals surface area contributed by atoms with Gasteiger partial charge in [-0.1, -0.05) is 25.0 Å². The summed E-state index contributed by atoms with van der Waals surface area (Å²) in [5.41, 5.74) is 0.761. The molecule has 0 saturated heterocycles. The molecule has 0 radical (unpaired) electrons. The smallest absolute Gasteiger partial charge is 0.252 e. The molecule has 0 spiro atoms. The van der Waals surface area contributed by atoms with Crippen molar-refractivity contribution < 1.29 is 4.79 Å². The molecule has 1 aromatic carbocycles. The Kier molecular flexibility index (Phi) is 5.30. The monoisotopic (exact) mass is 377 g/mol. The minimum absolute atomic E-state index is 0.0296. The van der Waals surface area contributed by atoms with Crippen molar-refractivity contribution in [3.63, 3.8) is 0 Å². The molecule has 0 aromatic heterocycles. The lowest BCUT2D eigenvalue weighted by atomic mass is 9.85. The standard InChI is InChI=1S/C14H17ClINO/c15-9-10-5-1-4-8-13(10)17-14(18)11-6-2-3-7-12(11)16/h2-3,6-7,10,13H,1,4-5,8-9H2,(H,17,18). The molecule has 1 saturated carbocycles. The minimum atomic E-state index is 0.0296. The molecule has 2 nitrogen and oxygen atoms in total. The van der Waals surface area contributed by atoms with Crippen LogP contribution in [0, 0.1) is 9.49 Å². The number of amides is 1. The molecule has 98 valence electrons. The summed E-state index contributed by atoms with van der Waals surface area (Å²) in [5, 5.41) is 3.15. The number of hydrogen-bond acceptors (Lipinski definition) is 1. The first kappa shape index (κ1) is 14.1. The van der Waals surface area contributed by atoms with E-state index in [0.29, 0.717) is 11.8 Å². The van der Waals surface area contributed by atoms with E-state index in [4.69, 9.17) is 11.6 Å². The summed E-state index contributed by atoms with van der Waals surface area (Å²) in [5.74, 6) is 1.09. The lowest BCUT2D eigenvalue weighted by Crippen LogP contribution is -2.43. The molecule has 1 aromatic rings. The molecule has 0 aliphatic heterocycles. The predicted octanol–water partition coefficient (Wildman–Crippen LogP) is 3.82. The minimum Gasteiger partial charge on any atom is -0.349 e. The third-order valence-corrected chi connectivity index (χ3v) is 4.88. The maximum Gasteiger partial charge on any atom is 0.252 e. The summed E-state index contributed by atoms with van der Waals surface area (Å²) in [6.07, 6.45) is 4.59. The first-order chi connectivity index (χ1) is 8.72. The molecular weight excluding hydrogens is 361 g/mol. The van der Waals surface area contributed by atoms with Gasteiger partial charge in [-0.15, -0.1) is 11.6 Å². The summed E-state index contributed by atoms with van der Waals surface area (Å²) in [4.78, 5) is 12.2. The highest BCUT2D eigenvalue weighted by Crippen LogP contribution is 2.26. The molecule has 1 amide bonds. The van der Waals surface area contributed by atoms with Gasteiger partial charge in [-0.3, -0.25) is 4.79 Å². The van der Waals surface area contributed by atoms with Crippen LogP contribution in [0.25, 0.3) is 0 Å². The highest BCUT2D eigenvalue weighted by Gasteiger charge is 2.26. The van der Waals surface area contributed by atoms with Gasteiger partial charge in [-0.2, -0.15) is 0 Å². The third kappa shape index (κ3) is 3.38. The van der Waals surface area contributed by atoms with Gasteiger partial charge >= 0.3 is 0 Å². The Labute approximate surface area is 127 Å². The molecule has 2 unspecified atom stereocenters. The number of nitrogens with one attached hydrogen (secondary N) is 1. The van der Waals surface area contributed by atoms with Crippen LogP contribution in [0.1, 0.15) is 36.0 Å². The summed E-state index contributed by atoms with van der Waals surface area (Å²) in [6.45, 7) is 0. The van der Waals surface area contributed by atoms with Crippen LogP contribution in [-0.4, -0.2) is 17.8 Å². The van der Waals surface area contributed by atoms with E-state index in [1.54, 1.807) is 0 Å². The van der Waals surface area contributed by atoms with Crippen LogP contribution in [0.15, 0.2) is 24.3 Å². The van der Waals surface area contributed by atoms with E-state index in [1.165, 1.54) is 12.8 Å². The van der Waals surface area contributed by atoms with Gasteiger partial charge in [0.2, 0.25) is 0 Å². The van der Waals surface area contributed by atoms with Crippen LogP contribution < -0.4 is 5.32 Å². The second-order valence-electron chi connectivity index (χ2n) is 4.76. The second kappa shape index (κ2) is 6.75. The molecule has 1 fully saturated rings. The van der Waals surface area contributed by atoms with Gasteiger partial charge in [-0.05, 0) is 53.5 Å². The quantitative estimate of drug-likeness (QED) is 0.630. The van der Waals surface area contributed by atoms with E-state index in [1.807, 2.05) is 24.3 Å². The summed E-state index contributed by atoms with van der Waals surface area (Å²) >= 11 is 8.18. The zero-order valence-corrected chi connectivity index (χ0v) is 13.1. The van der Waals surface area contributed by atoms with Crippen LogP contribution in [0.4, 0.5) is 0 Å². The van der Waals surface area contributed by atoms with Gasteiger partial charge in [0.05, 0.1) is 5.56 Å². The third-order valence-electron chi connectivity index (χ3n) is 3.54. The maximum atomic E-state index is 12.2. The summed E-state index contributed by atoms with van der Waals surface area (Å²) in [6, 6.07) is 7.91. The van der Waals surface area contributed by atoms with Crippen molar-refractivity contribution in [3.8, 4) is 0 Å². The first-order valence-corrected chi connectivity index (χ1v) is 7.95. The Morgan fingerprint density at radius 3 is 2.78 bits per heavy atom. The van der Waals surface area contributed by atoms with E-state index in [9.17, 15) is 4.79 Å². The Morgan fingerprint density at radius 2 is 2.06 bits per heavy atom. The lowest BCUT2D eigenvalue weighted by Gasteiger charge is -2.30. The zero-order chi connectivity index (χ0) is 13.0. The number of benzene rings is 1. The second-order valence-corrected chi connectivity index (χ2v) is 6.23. The van der Waals surface area contributed by atoms with Gasteiger partial charge in [0.1, 0.15) is 0 Å². The molecular formula is C14H17ClINO. The zero-order valence-electron chi connectivity index (χ0n) is 10.2. The van der Waals surface area contributed by atoms with Crippen LogP contribution >= 0.6 is 34.2 Å². The van der Waals surface area contributed by atoms with Crippen LogP contribution in [0.2, 0.25) is 0 Å². The van der Waals surface area contributed by atoms with Gasteiger partial charge < -0.3 is 5.32 Å². The maximum absolute atomic E-state index is 12.2. The highest BCUT2D eigenvalue weighted by molar-refractivity contribution is 14.1. The van der Waals surface area contributed by atoms with Crippen molar-refractivity contribution in [1.29, 1.82) is 0 Å². The predicted molar refractivity (Wildman–Crippen MR) is 83.1 cm³/mol. The molecule has 1 aliphatic rings. The topological polar surface area (TPSA) is 29.1 Å². The first-order valence-electron chi connectivity index (χ1n) is 6.33. The molecule has 2 atom stereocenters. The van der Waals surface area contributed by atoms with Crippen LogP contribution in [0.5, 0.6) is 0 Å². The fourth-order valence-electron chi connectivity index (χ4n) is 2.47. The molecule has 4 heteroatoms. The fourth-order valence-corrected chi connectivity index (χ4v) is 3.48. The van der Waals surface area contributed by atoms with Crippen LogP contribution in [-0.2, 0) is 0 Å². The van der Waals surface area contributed by atoms with Crippen molar-refractivity contribution in [2.24, 2.45) is 5.92 Å². The van der Waals surface area contributed by atoms with E-state index >= 15 is 0 Å². The number of rotatable bonds is 3. The van der Waals surface area contributed by atoms with E-state index in [-0.39, 0.29) is 11.9 Å². The molecule has 2 rings (SSSR count). The number of halogens is 2. The van der Waals surface area contributed by atoms with Crippen molar-refractivity contribution in [3.05, 3.63) is 33.4 Å². The largest absolute Gasteiger partial charge is 0.349 e. The van der Waals surface area contributed by atoms with Crippen LogP contribution in [0.3, 0.4) is 0 Å². The molecule has 0 heterocycles. The average Bonchev–Trinajstić information content (AvgIpc) is 2.39. The van der Waals surface area contributed by atoms with E-state index in [0.717, 1.165) is 22.0 Å². The van der Waals surface area contributed by atoms with Crippen molar-refractivity contribution in [2.45, 2.75) is 31.7 Å². The van der Waals surface area contributed by atoms with E-state index < -0.39 is 0 Å². The fraction of sp³-hybridized carbons (Fsp3) is 0.500. The van der Waals surface area contributed by atoms with Gasteiger partial charge in [0.25, 0.3) is 5.91 Å². The Balaban J connectivity index is 2.04. The molecule has 1 aliphatic carbocycles. The molecule has 0 bridgehead atoms. The van der Waals surface area contributed by atoms with Gasteiger partial charge in [0.15, 0.2) is 0 Å². The highest BCUT2D eigenvalue weighted by atomic mass is 127. The Hall–Kier alpha value is -0.290. The van der Waals surface area contributed by atoms with Crippen molar-refractivity contribution in [2.75, 3.05) is 5.88 Å². The summed E-state index contributed by atoms with van der Waals surface area (Å²) in [7, 11) is 0. The van der Waals surface area contributed by atoms with E-state index in [2.05, 4.69) is 27.9 Å². The average molecular weight is 378 g/mol. The lowest BCUT2D eigenvalue weighted by molar-refractivity contribution is 0.0910. The Morgan fingerprint density at radius 1 is 1.33 bits per heavy atom. The molecule has 18 heavy (non-hydrogen) atoms. The van der Waals surface area contributed by atoms with Crippen molar-refractivity contribution >= 4 is 40.1 Å². The van der Waals surface area contributed by atoms with Gasteiger partial charge in [-0.25, -0.2) is 0 Å². The van der Waals surface area contributed by atoms with Crippen molar-refractivity contribution in [1.82, 2.24) is 5.32 Å². The number of alkyl halides is 1. The number of carbonyl (C=O) groups excluding carboxylic acids is 1. The van der Waals surface area contributed by atoms with Gasteiger partial charge in [0, 0.05) is 15.5 Å². The number of carbonyl (C=O) groups is 1. The summed E-state index contributed by atoms with van der Waals surface area (Å²) < 4.78 is 0.992. The SMILES string of the molecule is O=C(NC1CCCCC1CCl)c1ccccc1I.